The van der Waals surface area contributed by atoms with Crippen LogP contribution in [0.15, 0.2) is 46.2 Å². The maximum absolute atomic E-state index is 13.2. The molecule has 0 fully saturated rings. The number of fused-ring (bicyclic) bond motifs is 1. The molecule has 0 unspecified atom stereocenters. The normalized spacial score (nSPS) is 11.0. The van der Waals surface area contributed by atoms with E-state index in [0.29, 0.717) is 17.9 Å². The fraction of sp³-hybridized carbons (Fsp3) is 0.227. The van der Waals surface area contributed by atoms with Crippen molar-refractivity contribution < 1.29 is 4.79 Å². The van der Waals surface area contributed by atoms with Crippen molar-refractivity contribution in [1.29, 1.82) is 5.26 Å². The van der Waals surface area contributed by atoms with Crippen LogP contribution in [0.25, 0.3) is 11.2 Å². The zero-order valence-corrected chi connectivity index (χ0v) is 18.1. The molecule has 1 aromatic carbocycles. The van der Waals surface area contributed by atoms with Gasteiger partial charge in [-0.05, 0) is 25.0 Å². The van der Waals surface area contributed by atoms with E-state index in [1.165, 1.54) is 25.0 Å². The van der Waals surface area contributed by atoms with E-state index in [2.05, 4.69) is 16.4 Å². The second kappa shape index (κ2) is 7.70. The minimum absolute atomic E-state index is 0.0276. The number of hydrogen-bond donors (Lipinski definition) is 1. The molecule has 3 aromatic heterocycles. The first-order valence-corrected chi connectivity index (χ1v) is 9.84. The number of aryl methyl sites for hydroxylation is 1. The second-order valence-electron chi connectivity index (χ2n) is 7.54. The van der Waals surface area contributed by atoms with Crippen LogP contribution in [0.3, 0.4) is 0 Å². The van der Waals surface area contributed by atoms with E-state index < -0.39 is 17.3 Å². The molecule has 10 heteroatoms. The van der Waals surface area contributed by atoms with Crippen molar-refractivity contribution in [3.8, 4) is 6.07 Å². The molecule has 4 aromatic rings. The van der Waals surface area contributed by atoms with Gasteiger partial charge in [-0.3, -0.25) is 19.2 Å². The Hall–Kier alpha value is -4.39. The molecule has 0 saturated carbocycles. The maximum Gasteiger partial charge on any atom is 0.333 e. The minimum atomic E-state index is -0.661. The molecule has 1 N–H and O–H groups in total. The highest BCUT2D eigenvalue weighted by molar-refractivity contribution is 5.97. The third-order valence-corrected chi connectivity index (χ3v) is 5.72. The molecule has 162 valence electrons. The molecule has 0 bridgehead atoms. The number of carbonyl (C=O) groups excluding carboxylic acids is 1. The maximum atomic E-state index is 13.2. The van der Waals surface area contributed by atoms with E-state index in [9.17, 15) is 19.6 Å². The number of nitriles is 1. The van der Waals surface area contributed by atoms with Crippen molar-refractivity contribution in [3.05, 3.63) is 79.9 Å². The van der Waals surface area contributed by atoms with Crippen molar-refractivity contribution in [2.75, 3.05) is 5.32 Å². The lowest BCUT2D eigenvalue weighted by atomic mass is 10.2. The fourth-order valence-electron chi connectivity index (χ4n) is 3.75. The summed E-state index contributed by atoms with van der Waals surface area (Å²) in [6.45, 7) is 4.15. The van der Waals surface area contributed by atoms with Crippen molar-refractivity contribution in [1.82, 2.24) is 23.3 Å². The first kappa shape index (κ1) is 20.9. The number of aromatic nitrogens is 5. The zero-order valence-electron chi connectivity index (χ0n) is 18.1. The molecule has 0 spiro atoms. The van der Waals surface area contributed by atoms with E-state index in [4.69, 9.17) is 0 Å². The Morgan fingerprint density at radius 3 is 2.47 bits per heavy atom. The van der Waals surface area contributed by atoms with Crippen LogP contribution in [-0.2, 0) is 20.6 Å². The Bertz CT molecular complexity index is 1530. The van der Waals surface area contributed by atoms with Crippen molar-refractivity contribution in [2.45, 2.75) is 20.4 Å². The Morgan fingerprint density at radius 2 is 1.81 bits per heavy atom. The zero-order chi connectivity index (χ0) is 23.2. The molecule has 4 rings (SSSR count). The summed E-state index contributed by atoms with van der Waals surface area (Å²) < 4.78 is 5.03. The van der Waals surface area contributed by atoms with Crippen LogP contribution in [0.5, 0.6) is 0 Å². The fourth-order valence-corrected chi connectivity index (χ4v) is 3.75. The number of nitrogens with zero attached hydrogens (tertiary/aromatic N) is 6. The summed E-state index contributed by atoms with van der Waals surface area (Å²) in [7, 11) is 2.82. The van der Waals surface area contributed by atoms with Gasteiger partial charge in [0.1, 0.15) is 18.2 Å². The first-order valence-electron chi connectivity index (χ1n) is 9.84. The van der Waals surface area contributed by atoms with Gasteiger partial charge in [-0.15, -0.1) is 0 Å². The smallest absolute Gasteiger partial charge is 0.326 e. The van der Waals surface area contributed by atoms with E-state index in [-0.39, 0.29) is 11.2 Å². The molecule has 0 saturated heterocycles. The molecule has 0 radical (unpaired) electrons. The number of amides is 1. The first-order chi connectivity index (χ1) is 15.3. The summed E-state index contributed by atoms with van der Waals surface area (Å²) in [4.78, 5) is 42.1. The van der Waals surface area contributed by atoms with E-state index in [0.717, 1.165) is 26.0 Å². The molecular weight excluding hydrogens is 410 g/mol. The van der Waals surface area contributed by atoms with Gasteiger partial charge in [-0.2, -0.15) is 5.26 Å². The molecule has 3 heterocycles. The molecule has 0 aliphatic carbocycles. The summed E-state index contributed by atoms with van der Waals surface area (Å²) in [5.74, 6) is 0.333. The third-order valence-electron chi connectivity index (χ3n) is 5.72. The van der Waals surface area contributed by atoms with Crippen LogP contribution < -0.4 is 16.6 Å². The highest BCUT2D eigenvalue weighted by Crippen LogP contribution is 2.27. The standard InChI is InChI=1S/C22H21N7O3/c1-13-14(2)28(11-15-8-6-5-7-9-15)18(16(13)10-23)25-21(31)29-12-24-19-17(29)20(30)27(4)22(32)26(19)3/h5-9,12H,11H2,1-4H3,(H,25,31). The van der Waals surface area contributed by atoms with Gasteiger partial charge in [0.15, 0.2) is 11.2 Å². The largest absolute Gasteiger partial charge is 0.333 e. The van der Waals surface area contributed by atoms with Gasteiger partial charge in [0.25, 0.3) is 5.56 Å². The quantitative estimate of drug-likeness (QED) is 0.531. The van der Waals surface area contributed by atoms with Crippen LogP contribution in [0, 0.1) is 25.2 Å². The van der Waals surface area contributed by atoms with E-state index in [1.54, 1.807) is 0 Å². The molecule has 0 atom stereocenters. The van der Waals surface area contributed by atoms with Gasteiger partial charge in [0.2, 0.25) is 0 Å². The van der Waals surface area contributed by atoms with Gasteiger partial charge in [0.05, 0.1) is 5.56 Å². The van der Waals surface area contributed by atoms with Gasteiger partial charge in [-0.25, -0.2) is 19.1 Å². The van der Waals surface area contributed by atoms with Crippen LogP contribution in [0.2, 0.25) is 0 Å². The molecule has 0 aliphatic rings. The number of rotatable bonds is 3. The summed E-state index contributed by atoms with van der Waals surface area (Å²) >= 11 is 0. The number of nitrogens with one attached hydrogen (secondary N) is 1. The lowest BCUT2D eigenvalue weighted by molar-refractivity contribution is 0.254. The summed E-state index contributed by atoms with van der Waals surface area (Å²) in [6, 6.07) is 11.2. The number of carbonyl (C=O) groups is 1. The molecular formula is C22H21N7O3. The topological polar surface area (TPSA) is 120 Å². The number of benzene rings is 1. The van der Waals surface area contributed by atoms with Crippen LogP contribution in [-0.4, -0.2) is 29.3 Å². The average molecular weight is 431 g/mol. The Balaban J connectivity index is 1.83. The Morgan fingerprint density at radius 1 is 1.12 bits per heavy atom. The predicted octanol–water partition coefficient (Wildman–Crippen LogP) is 1.85. The Kier molecular flexibility index (Phi) is 5.02. The highest BCUT2D eigenvalue weighted by atomic mass is 16.2. The molecule has 32 heavy (non-hydrogen) atoms. The van der Waals surface area contributed by atoms with Crippen molar-refractivity contribution >= 4 is 23.0 Å². The van der Waals surface area contributed by atoms with Gasteiger partial charge in [-0.1, -0.05) is 30.3 Å². The summed E-state index contributed by atoms with van der Waals surface area (Å²) in [5, 5.41) is 12.5. The predicted molar refractivity (Wildman–Crippen MR) is 119 cm³/mol. The third kappa shape index (κ3) is 3.11. The van der Waals surface area contributed by atoms with Crippen LogP contribution in [0.1, 0.15) is 22.4 Å². The summed E-state index contributed by atoms with van der Waals surface area (Å²) in [6.07, 6.45) is 1.19. The van der Waals surface area contributed by atoms with Gasteiger partial charge in [0, 0.05) is 26.3 Å². The second-order valence-corrected chi connectivity index (χ2v) is 7.54. The number of anilines is 1. The van der Waals surface area contributed by atoms with Gasteiger partial charge < -0.3 is 4.57 Å². The average Bonchev–Trinajstić information content (AvgIpc) is 3.33. The minimum Gasteiger partial charge on any atom is -0.326 e. The SMILES string of the molecule is Cc1c(C#N)c(NC(=O)n2cnc3c2c(=O)n(C)c(=O)n3C)n(Cc2ccccc2)c1C. The van der Waals surface area contributed by atoms with E-state index in [1.807, 2.05) is 48.7 Å². The van der Waals surface area contributed by atoms with Crippen molar-refractivity contribution in [3.63, 3.8) is 0 Å². The van der Waals surface area contributed by atoms with Crippen LogP contribution in [0.4, 0.5) is 10.6 Å². The lowest BCUT2D eigenvalue weighted by Crippen LogP contribution is -2.38. The molecule has 0 aliphatic heterocycles. The molecule has 10 nitrogen and oxygen atoms in total. The monoisotopic (exact) mass is 431 g/mol. The number of imidazole rings is 1. The summed E-state index contributed by atoms with van der Waals surface area (Å²) in [5.41, 5.74) is 1.84. The molecule has 1 amide bonds. The lowest BCUT2D eigenvalue weighted by Gasteiger charge is -2.14. The Labute approximate surface area is 182 Å². The highest BCUT2D eigenvalue weighted by Gasteiger charge is 2.23. The van der Waals surface area contributed by atoms with Crippen molar-refractivity contribution in [2.24, 2.45) is 14.1 Å². The van der Waals surface area contributed by atoms with Crippen LogP contribution >= 0.6 is 0 Å². The number of hydrogen-bond acceptors (Lipinski definition) is 5. The van der Waals surface area contributed by atoms with Gasteiger partial charge >= 0.3 is 11.7 Å². The van der Waals surface area contributed by atoms with E-state index >= 15 is 0 Å².